The molecule has 1 heterocycles. The number of ketones is 1. The van der Waals surface area contributed by atoms with Crippen molar-refractivity contribution in [2.75, 3.05) is 14.1 Å². The Morgan fingerprint density at radius 1 is 1.24 bits per heavy atom. The van der Waals surface area contributed by atoms with Crippen molar-refractivity contribution in [3.8, 4) is 0 Å². The lowest BCUT2D eigenvalue weighted by Crippen LogP contribution is -2.29. The van der Waals surface area contributed by atoms with E-state index < -0.39 is 11.7 Å². The van der Waals surface area contributed by atoms with Gasteiger partial charge in [-0.15, -0.1) is 0 Å². The Bertz CT molecular complexity index is 602. The topological polar surface area (TPSA) is 53.2 Å². The molecule has 4 nitrogen and oxygen atoms in total. The van der Waals surface area contributed by atoms with E-state index in [2.05, 4.69) is 4.98 Å². The van der Waals surface area contributed by atoms with Crippen LogP contribution < -0.4 is 0 Å². The number of nitrogens with one attached hydrogen (secondary N) is 1. The van der Waals surface area contributed by atoms with Crippen LogP contribution in [0.2, 0.25) is 5.15 Å². The summed E-state index contributed by atoms with van der Waals surface area (Å²) in [5, 5.41) is 0.865. The standard InChI is InChI=1S/C12H11ClN2O2/c1-15(2)12(17)10(16)9-7-5-3-4-6-8(7)14-11(9)13/h3-6,14H,1-2H3. The Labute approximate surface area is 103 Å². The summed E-state index contributed by atoms with van der Waals surface area (Å²) in [6.07, 6.45) is 0. The van der Waals surface area contributed by atoms with Crippen LogP contribution in [0, 0.1) is 0 Å². The van der Waals surface area contributed by atoms with Gasteiger partial charge in [-0.3, -0.25) is 9.59 Å². The Morgan fingerprint density at radius 2 is 1.88 bits per heavy atom. The summed E-state index contributed by atoms with van der Waals surface area (Å²) in [6, 6.07) is 7.19. The molecule has 0 unspecified atom stereocenters. The number of para-hydroxylation sites is 1. The first-order valence-corrected chi connectivity index (χ1v) is 5.42. The van der Waals surface area contributed by atoms with Gasteiger partial charge in [0.15, 0.2) is 0 Å². The van der Waals surface area contributed by atoms with Crippen LogP contribution in [0.3, 0.4) is 0 Å². The number of fused-ring (bicyclic) bond motifs is 1. The maximum absolute atomic E-state index is 12.0. The lowest BCUT2D eigenvalue weighted by Gasteiger charge is -2.08. The number of hydrogen-bond donors (Lipinski definition) is 1. The normalized spacial score (nSPS) is 10.5. The zero-order chi connectivity index (χ0) is 12.6. The first kappa shape index (κ1) is 11.7. The van der Waals surface area contributed by atoms with Crippen LogP contribution in [-0.2, 0) is 4.79 Å². The largest absolute Gasteiger partial charge is 0.345 e. The molecule has 0 saturated carbocycles. The number of carbonyl (C=O) groups is 2. The van der Waals surface area contributed by atoms with Crippen molar-refractivity contribution in [2.24, 2.45) is 0 Å². The second kappa shape index (κ2) is 4.22. The molecule has 5 heteroatoms. The number of halogens is 1. The number of H-pyrrole nitrogens is 1. The zero-order valence-corrected chi connectivity index (χ0v) is 10.2. The first-order valence-electron chi connectivity index (χ1n) is 5.04. The fourth-order valence-corrected chi connectivity index (χ4v) is 1.93. The van der Waals surface area contributed by atoms with Crippen LogP contribution in [0.15, 0.2) is 24.3 Å². The number of likely N-dealkylation sites (N-methyl/N-ethyl adjacent to an activating group) is 1. The van der Waals surface area contributed by atoms with Gasteiger partial charge < -0.3 is 9.88 Å². The molecule has 1 N–H and O–H groups in total. The average Bonchev–Trinajstić information content (AvgIpc) is 2.62. The predicted molar refractivity (Wildman–Crippen MR) is 66.3 cm³/mol. The minimum absolute atomic E-state index is 0.200. The molecule has 88 valence electrons. The van der Waals surface area contributed by atoms with E-state index in [-0.39, 0.29) is 10.7 Å². The Hall–Kier alpha value is -1.81. The van der Waals surface area contributed by atoms with Crippen molar-refractivity contribution in [2.45, 2.75) is 0 Å². The number of rotatable bonds is 2. The molecule has 1 amide bonds. The Kier molecular flexibility index (Phi) is 2.90. The minimum atomic E-state index is -0.600. The minimum Gasteiger partial charge on any atom is -0.345 e. The molecule has 1 aromatic heterocycles. The molecule has 1 aromatic carbocycles. The SMILES string of the molecule is CN(C)C(=O)C(=O)c1c(Cl)[nH]c2ccccc12. The van der Waals surface area contributed by atoms with E-state index in [9.17, 15) is 9.59 Å². The monoisotopic (exact) mass is 250 g/mol. The molecule has 0 spiro atoms. The number of amides is 1. The van der Waals surface area contributed by atoms with Gasteiger partial charge in [0.2, 0.25) is 0 Å². The summed E-state index contributed by atoms with van der Waals surface area (Å²) in [5.74, 6) is -1.19. The summed E-state index contributed by atoms with van der Waals surface area (Å²) >= 11 is 5.96. The quantitative estimate of drug-likeness (QED) is 0.656. The summed E-state index contributed by atoms with van der Waals surface area (Å²) < 4.78 is 0. The maximum Gasteiger partial charge on any atom is 0.294 e. The zero-order valence-electron chi connectivity index (χ0n) is 9.45. The van der Waals surface area contributed by atoms with E-state index in [1.165, 1.54) is 19.0 Å². The van der Waals surface area contributed by atoms with Crippen LogP contribution in [0.4, 0.5) is 0 Å². The molecule has 0 atom stereocenters. The average molecular weight is 251 g/mol. The molecule has 0 radical (unpaired) electrons. The molecule has 0 aliphatic heterocycles. The molecule has 17 heavy (non-hydrogen) atoms. The van der Waals surface area contributed by atoms with Crippen molar-refractivity contribution >= 4 is 34.2 Å². The van der Waals surface area contributed by atoms with Crippen molar-refractivity contribution in [1.82, 2.24) is 9.88 Å². The van der Waals surface area contributed by atoms with Gasteiger partial charge in [0, 0.05) is 25.0 Å². The van der Waals surface area contributed by atoms with Crippen molar-refractivity contribution in [3.63, 3.8) is 0 Å². The van der Waals surface area contributed by atoms with E-state index in [4.69, 9.17) is 11.6 Å². The van der Waals surface area contributed by atoms with E-state index in [0.717, 1.165) is 5.52 Å². The van der Waals surface area contributed by atoms with Gasteiger partial charge in [0.05, 0.1) is 5.56 Å². The van der Waals surface area contributed by atoms with E-state index >= 15 is 0 Å². The summed E-state index contributed by atoms with van der Waals surface area (Å²) in [4.78, 5) is 27.7. The van der Waals surface area contributed by atoms with Crippen LogP contribution in [0.1, 0.15) is 10.4 Å². The highest BCUT2D eigenvalue weighted by Crippen LogP contribution is 2.26. The Morgan fingerprint density at radius 3 is 2.53 bits per heavy atom. The van der Waals surface area contributed by atoms with E-state index in [1.54, 1.807) is 18.2 Å². The van der Waals surface area contributed by atoms with Crippen molar-refractivity contribution < 1.29 is 9.59 Å². The van der Waals surface area contributed by atoms with Gasteiger partial charge in [-0.1, -0.05) is 29.8 Å². The number of hydrogen-bond acceptors (Lipinski definition) is 2. The fourth-order valence-electron chi connectivity index (χ4n) is 1.64. The summed E-state index contributed by atoms with van der Waals surface area (Å²) in [7, 11) is 3.06. The molecular formula is C12H11ClN2O2. The number of Topliss-reactive ketones (excluding diaryl/α,β-unsaturated/α-hetero) is 1. The highest BCUT2D eigenvalue weighted by atomic mass is 35.5. The van der Waals surface area contributed by atoms with Gasteiger partial charge in [0.1, 0.15) is 5.15 Å². The third-order valence-electron chi connectivity index (χ3n) is 2.49. The smallest absolute Gasteiger partial charge is 0.294 e. The van der Waals surface area contributed by atoms with Crippen LogP contribution in [0.25, 0.3) is 10.9 Å². The summed E-state index contributed by atoms with van der Waals surface area (Å²) in [6.45, 7) is 0. The lowest BCUT2D eigenvalue weighted by atomic mass is 10.1. The third-order valence-corrected chi connectivity index (χ3v) is 2.77. The molecule has 0 saturated heterocycles. The Balaban J connectivity index is 2.59. The summed E-state index contributed by atoms with van der Waals surface area (Å²) in [5.41, 5.74) is 0.980. The predicted octanol–water partition coefficient (Wildman–Crippen LogP) is 2.09. The lowest BCUT2D eigenvalue weighted by molar-refractivity contribution is -0.124. The molecule has 0 fully saturated rings. The number of aromatic nitrogens is 1. The highest BCUT2D eigenvalue weighted by Gasteiger charge is 2.24. The highest BCUT2D eigenvalue weighted by molar-refractivity contribution is 6.49. The second-order valence-electron chi connectivity index (χ2n) is 3.89. The van der Waals surface area contributed by atoms with E-state index in [0.29, 0.717) is 5.39 Å². The molecule has 2 rings (SSSR count). The molecular weight excluding hydrogens is 240 g/mol. The first-order chi connectivity index (χ1) is 8.02. The molecule has 2 aromatic rings. The molecule has 0 aliphatic rings. The van der Waals surface area contributed by atoms with Gasteiger partial charge in [-0.2, -0.15) is 0 Å². The van der Waals surface area contributed by atoms with E-state index in [1.807, 2.05) is 6.07 Å². The third kappa shape index (κ3) is 1.91. The van der Waals surface area contributed by atoms with Gasteiger partial charge >= 0.3 is 0 Å². The van der Waals surface area contributed by atoms with Gasteiger partial charge in [-0.05, 0) is 6.07 Å². The molecule has 0 aliphatic carbocycles. The number of carbonyl (C=O) groups excluding carboxylic acids is 2. The van der Waals surface area contributed by atoms with Crippen LogP contribution in [-0.4, -0.2) is 35.7 Å². The van der Waals surface area contributed by atoms with Crippen LogP contribution >= 0.6 is 11.6 Å². The van der Waals surface area contributed by atoms with Crippen LogP contribution in [0.5, 0.6) is 0 Å². The van der Waals surface area contributed by atoms with Gasteiger partial charge in [0.25, 0.3) is 11.7 Å². The second-order valence-corrected chi connectivity index (χ2v) is 4.27. The molecule has 0 bridgehead atoms. The van der Waals surface area contributed by atoms with Crippen molar-refractivity contribution in [1.29, 1.82) is 0 Å². The fraction of sp³-hybridized carbons (Fsp3) is 0.167. The number of aromatic amines is 1. The maximum atomic E-state index is 12.0. The number of benzene rings is 1. The van der Waals surface area contributed by atoms with Crippen molar-refractivity contribution in [3.05, 3.63) is 35.0 Å². The van der Waals surface area contributed by atoms with Gasteiger partial charge in [-0.25, -0.2) is 0 Å². The number of nitrogens with zero attached hydrogens (tertiary/aromatic N) is 1.